The molecule has 4 aromatic carbocycles. The molecule has 1 N–H and O–H groups in total. The summed E-state index contributed by atoms with van der Waals surface area (Å²) in [7, 11) is -8.25. The van der Waals surface area contributed by atoms with Crippen molar-refractivity contribution >= 4 is 78.3 Å². The SMILES string of the molecule is Cc1ccc(S(=O)(=O)Oc2ccc(C=C3Sc4cc(S(=O)(=O)Cc5c(Cl)cccc5Cl)ccc4NC3=O)cc2[N+](=O)[O-])cc1. The summed E-state index contributed by atoms with van der Waals surface area (Å²) in [5, 5.41) is 14.9. The third kappa shape index (κ3) is 6.76. The number of aryl methyl sites for hydroxylation is 1. The van der Waals surface area contributed by atoms with Crippen LogP contribution < -0.4 is 9.50 Å². The van der Waals surface area contributed by atoms with E-state index in [1.807, 2.05) is 0 Å². The molecule has 4 aromatic rings. The third-order valence-corrected chi connectivity index (χ3v) is 11.1. The van der Waals surface area contributed by atoms with E-state index < -0.39 is 48.0 Å². The second-order valence-corrected chi connectivity index (χ2v) is 15.0. The van der Waals surface area contributed by atoms with Crippen LogP contribution in [-0.2, 0) is 30.5 Å². The highest BCUT2D eigenvalue weighted by Gasteiger charge is 2.27. The number of carbonyl (C=O) groups is 1. The summed E-state index contributed by atoms with van der Waals surface area (Å²) in [6.07, 6.45) is 1.36. The predicted octanol–water partition coefficient (Wildman–Crippen LogP) is 7.04. The van der Waals surface area contributed by atoms with Crippen LogP contribution in [0.25, 0.3) is 6.08 Å². The van der Waals surface area contributed by atoms with Crippen LogP contribution in [-0.4, -0.2) is 27.7 Å². The average molecular weight is 692 g/mol. The number of hydrogen-bond donors (Lipinski definition) is 1. The molecule has 1 aliphatic heterocycles. The average Bonchev–Trinajstić information content (AvgIpc) is 2.96. The summed E-state index contributed by atoms with van der Waals surface area (Å²) in [6, 6.07) is 18.3. The van der Waals surface area contributed by atoms with Crippen LogP contribution in [0.5, 0.6) is 5.75 Å². The highest BCUT2D eigenvalue weighted by atomic mass is 35.5. The maximum atomic E-state index is 13.2. The second kappa shape index (κ2) is 12.3. The molecule has 15 heteroatoms. The number of nitrogens with one attached hydrogen (secondary N) is 1. The minimum Gasteiger partial charge on any atom is -0.372 e. The number of amides is 1. The zero-order valence-electron chi connectivity index (χ0n) is 22.5. The Balaban J connectivity index is 1.43. The Kier molecular flexibility index (Phi) is 8.78. The van der Waals surface area contributed by atoms with E-state index in [1.54, 1.807) is 37.3 Å². The number of sulfone groups is 1. The van der Waals surface area contributed by atoms with Gasteiger partial charge in [0.05, 0.1) is 26.2 Å². The van der Waals surface area contributed by atoms with Crippen LogP contribution in [0, 0.1) is 17.0 Å². The van der Waals surface area contributed by atoms with Gasteiger partial charge in [-0.2, -0.15) is 8.42 Å². The number of nitro groups is 1. The molecule has 0 atom stereocenters. The quantitative estimate of drug-likeness (QED) is 0.0889. The lowest BCUT2D eigenvalue weighted by Gasteiger charge is -2.19. The lowest BCUT2D eigenvalue weighted by molar-refractivity contribution is -0.385. The maximum absolute atomic E-state index is 13.2. The van der Waals surface area contributed by atoms with Crippen LogP contribution >= 0.6 is 35.0 Å². The minimum atomic E-state index is -4.36. The Hall–Kier alpha value is -3.88. The van der Waals surface area contributed by atoms with Crippen molar-refractivity contribution in [2.75, 3.05) is 5.32 Å². The molecule has 0 bridgehead atoms. The molecule has 0 radical (unpaired) electrons. The first-order valence-corrected chi connectivity index (χ1v) is 17.2. The fraction of sp³-hybridized carbons (Fsp3) is 0.0690. The van der Waals surface area contributed by atoms with Gasteiger partial charge in [0, 0.05) is 26.6 Å². The van der Waals surface area contributed by atoms with Crippen molar-refractivity contribution in [2.45, 2.75) is 27.4 Å². The molecule has 1 heterocycles. The summed E-state index contributed by atoms with van der Waals surface area (Å²) in [5.74, 6) is -1.47. The van der Waals surface area contributed by atoms with Crippen molar-refractivity contribution in [3.05, 3.63) is 121 Å². The number of rotatable bonds is 8. The molecule has 0 saturated carbocycles. The van der Waals surface area contributed by atoms with Crippen molar-refractivity contribution in [1.29, 1.82) is 0 Å². The van der Waals surface area contributed by atoms with Crippen molar-refractivity contribution in [3.63, 3.8) is 0 Å². The topological polar surface area (TPSA) is 150 Å². The van der Waals surface area contributed by atoms with Crippen LogP contribution in [0.15, 0.2) is 98.5 Å². The molecule has 5 rings (SSSR count). The zero-order valence-corrected chi connectivity index (χ0v) is 26.4. The van der Waals surface area contributed by atoms with E-state index >= 15 is 0 Å². The molecule has 226 valence electrons. The molecule has 1 amide bonds. The Morgan fingerprint density at radius 3 is 2.25 bits per heavy atom. The van der Waals surface area contributed by atoms with Crippen LogP contribution in [0.3, 0.4) is 0 Å². The van der Waals surface area contributed by atoms with Gasteiger partial charge < -0.3 is 9.50 Å². The number of nitro benzene ring substituents is 1. The van der Waals surface area contributed by atoms with E-state index in [2.05, 4.69) is 5.32 Å². The van der Waals surface area contributed by atoms with Gasteiger partial charge in [0.1, 0.15) is 4.90 Å². The number of nitrogens with zero attached hydrogens (tertiary/aromatic N) is 1. The predicted molar refractivity (Wildman–Crippen MR) is 168 cm³/mol. The van der Waals surface area contributed by atoms with Crippen LogP contribution in [0.4, 0.5) is 11.4 Å². The van der Waals surface area contributed by atoms with Crippen molar-refractivity contribution in [3.8, 4) is 5.75 Å². The fourth-order valence-corrected chi connectivity index (χ4v) is 8.26. The van der Waals surface area contributed by atoms with E-state index in [4.69, 9.17) is 27.4 Å². The van der Waals surface area contributed by atoms with Crippen molar-refractivity contribution in [2.24, 2.45) is 0 Å². The number of halogens is 2. The summed E-state index contributed by atoms with van der Waals surface area (Å²) in [6.45, 7) is 1.78. The smallest absolute Gasteiger partial charge is 0.339 e. The number of carbonyl (C=O) groups excluding carboxylic acids is 1. The molecule has 0 aliphatic carbocycles. The van der Waals surface area contributed by atoms with E-state index in [-0.39, 0.29) is 35.9 Å². The van der Waals surface area contributed by atoms with Gasteiger partial charge in [-0.05, 0) is 67.1 Å². The lowest BCUT2D eigenvalue weighted by atomic mass is 10.1. The van der Waals surface area contributed by atoms with E-state index in [0.717, 1.165) is 29.5 Å². The van der Waals surface area contributed by atoms with Crippen molar-refractivity contribution < 1.29 is 30.7 Å². The Labute approximate surface area is 266 Å². The van der Waals surface area contributed by atoms with Gasteiger partial charge in [-0.3, -0.25) is 14.9 Å². The number of benzene rings is 4. The maximum Gasteiger partial charge on any atom is 0.339 e. The van der Waals surface area contributed by atoms with Crippen molar-refractivity contribution in [1.82, 2.24) is 0 Å². The monoisotopic (exact) mass is 690 g/mol. The minimum absolute atomic E-state index is 0.0258. The van der Waals surface area contributed by atoms with Gasteiger partial charge in [0.2, 0.25) is 5.75 Å². The number of fused-ring (bicyclic) bond motifs is 1. The highest BCUT2D eigenvalue weighted by Crippen LogP contribution is 2.41. The number of thioether (sulfide) groups is 1. The molecular formula is C29H20Cl2N2O8S3. The summed E-state index contributed by atoms with van der Waals surface area (Å²) >= 11 is 13.3. The molecule has 0 fully saturated rings. The van der Waals surface area contributed by atoms with Gasteiger partial charge in [-0.1, -0.05) is 64.8 Å². The fourth-order valence-electron chi connectivity index (χ4n) is 4.13. The molecule has 10 nitrogen and oxygen atoms in total. The van der Waals surface area contributed by atoms with Crippen LogP contribution in [0.1, 0.15) is 16.7 Å². The first kappa shape index (κ1) is 31.5. The first-order valence-electron chi connectivity index (χ1n) is 12.5. The Bertz CT molecular complexity index is 2060. The van der Waals surface area contributed by atoms with Gasteiger partial charge >= 0.3 is 15.8 Å². The standard InChI is InChI=1S/C29H20Cl2N2O8S3/c1-17-5-8-19(9-6-17)44(39,40)41-26-12-7-18(13-25(26)33(35)36)14-28-29(34)32-24-11-10-20(15-27(24)42-28)43(37,38)16-21-22(30)3-2-4-23(21)31/h2-15H,16H2,1H3,(H,32,34). The molecule has 0 unspecified atom stereocenters. The van der Waals surface area contributed by atoms with E-state index in [1.165, 1.54) is 42.5 Å². The zero-order chi connectivity index (χ0) is 31.8. The highest BCUT2D eigenvalue weighted by molar-refractivity contribution is 8.04. The van der Waals surface area contributed by atoms with Gasteiger partial charge in [-0.25, -0.2) is 8.42 Å². The van der Waals surface area contributed by atoms with E-state index in [0.29, 0.717) is 10.6 Å². The normalized spacial score (nSPS) is 14.2. The molecule has 0 spiro atoms. The number of hydrogen-bond acceptors (Lipinski definition) is 9. The Morgan fingerprint density at radius 1 is 0.932 bits per heavy atom. The summed E-state index contributed by atoms with van der Waals surface area (Å²) in [5.41, 5.74) is 1.02. The Morgan fingerprint density at radius 2 is 1.59 bits per heavy atom. The van der Waals surface area contributed by atoms with Gasteiger partial charge in [-0.15, -0.1) is 0 Å². The van der Waals surface area contributed by atoms with Gasteiger partial charge in [0.15, 0.2) is 9.84 Å². The lowest BCUT2D eigenvalue weighted by Crippen LogP contribution is -2.17. The summed E-state index contributed by atoms with van der Waals surface area (Å²) < 4.78 is 57.0. The molecule has 0 saturated heterocycles. The summed E-state index contributed by atoms with van der Waals surface area (Å²) in [4.78, 5) is 24.2. The first-order chi connectivity index (χ1) is 20.7. The van der Waals surface area contributed by atoms with Crippen LogP contribution in [0.2, 0.25) is 10.0 Å². The molecule has 0 aromatic heterocycles. The van der Waals surface area contributed by atoms with Gasteiger partial charge in [0.25, 0.3) is 5.91 Å². The molecule has 1 aliphatic rings. The van der Waals surface area contributed by atoms with E-state index in [9.17, 15) is 31.7 Å². The molecule has 44 heavy (non-hydrogen) atoms. The number of anilines is 1. The molecular weight excluding hydrogens is 671 g/mol. The largest absolute Gasteiger partial charge is 0.372 e. The second-order valence-electron chi connectivity index (χ2n) is 9.52. The third-order valence-electron chi connectivity index (χ3n) is 6.39.